The third kappa shape index (κ3) is 11.2. The van der Waals surface area contributed by atoms with E-state index >= 15 is 0 Å². The van der Waals surface area contributed by atoms with Crippen LogP contribution in [0.3, 0.4) is 0 Å². The molecule has 74 heavy (non-hydrogen) atoms. The molecule has 1 aromatic heterocycles. The molecule has 384 valence electrons. The standard InChI is InChI=1S/C70H81BrN2O/c1-66(2,3)51-30-25-47(26-31-51)48-27-33-56(34-28-48)72(63-36-32-52(43-61(63)71)67(4,5)6)57-41-55(70(13,14)15)42-58(44-57)73(64-45-74-65-24-20-19-23-59(64)65)62-35-29-49(46-21-17-16-18-22-46)39-60(62)50-37-53(68(7,8)9)40-54(38-50)69(10,11)12/h19-20,23-46H,16-18,21-22H2,1-15H3. The molecule has 0 N–H and O–H groups in total. The highest BCUT2D eigenvalue weighted by atomic mass is 79.9. The first-order valence-electron chi connectivity index (χ1n) is 27.3. The maximum atomic E-state index is 6.55. The van der Waals surface area contributed by atoms with Crippen LogP contribution in [-0.2, 0) is 27.1 Å². The molecule has 0 radical (unpaired) electrons. The average Bonchev–Trinajstić information content (AvgIpc) is 3.77. The summed E-state index contributed by atoms with van der Waals surface area (Å²) in [5.74, 6) is 0.536. The van der Waals surface area contributed by atoms with Crippen molar-refractivity contribution in [2.45, 2.75) is 169 Å². The number of halogens is 1. The Morgan fingerprint density at radius 1 is 0.405 bits per heavy atom. The molecule has 1 aliphatic rings. The predicted octanol–water partition coefficient (Wildman–Crippen LogP) is 22.0. The Morgan fingerprint density at radius 2 is 0.919 bits per heavy atom. The van der Waals surface area contributed by atoms with E-state index in [1.54, 1.807) is 0 Å². The van der Waals surface area contributed by atoms with Gasteiger partial charge in [-0.1, -0.05) is 202 Å². The predicted molar refractivity (Wildman–Crippen MR) is 323 cm³/mol. The van der Waals surface area contributed by atoms with E-state index in [1.165, 1.54) is 87.7 Å². The van der Waals surface area contributed by atoms with Crippen LogP contribution in [0.5, 0.6) is 0 Å². The van der Waals surface area contributed by atoms with Crippen LogP contribution in [0.2, 0.25) is 0 Å². The summed E-state index contributed by atoms with van der Waals surface area (Å²) in [6.45, 7) is 34.8. The van der Waals surface area contributed by atoms with Crippen molar-refractivity contribution in [3.63, 3.8) is 0 Å². The van der Waals surface area contributed by atoms with Gasteiger partial charge in [0.1, 0.15) is 11.8 Å². The van der Waals surface area contributed by atoms with Crippen molar-refractivity contribution in [1.29, 1.82) is 0 Å². The van der Waals surface area contributed by atoms with Crippen molar-refractivity contribution in [1.82, 2.24) is 0 Å². The lowest BCUT2D eigenvalue weighted by Gasteiger charge is -2.34. The van der Waals surface area contributed by atoms with Crippen molar-refractivity contribution in [2.24, 2.45) is 0 Å². The molecule has 4 heteroatoms. The minimum atomic E-state index is -0.201. The lowest BCUT2D eigenvalue weighted by Crippen LogP contribution is -2.19. The molecule has 0 saturated heterocycles. The highest BCUT2D eigenvalue weighted by Gasteiger charge is 2.30. The second-order valence-electron chi connectivity index (χ2n) is 26.5. The number of hydrogen-bond acceptors (Lipinski definition) is 3. The molecular weight excluding hydrogens is 965 g/mol. The smallest absolute Gasteiger partial charge is 0.136 e. The monoisotopic (exact) mass is 1040 g/mol. The number of para-hydroxylation sites is 1. The van der Waals surface area contributed by atoms with Gasteiger partial charge in [-0.05, 0) is 179 Å². The number of furan rings is 1. The number of hydrogen-bond donors (Lipinski definition) is 0. The first-order chi connectivity index (χ1) is 34.7. The fourth-order valence-electron chi connectivity index (χ4n) is 10.7. The third-order valence-corrected chi connectivity index (χ3v) is 16.2. The van der Waals surface area contributed by atoms with Crippen LogP contribution in [0.4, 0.5) is 34.1 Å². The van der Waals surface area contributed by atoms with Crippen LogP contribution in [-0.4, -0.2) is 0 Å². The molecule has 0 bridgehead atoms. The van der Waals surface area contributed by atoms with Crippen LogP contribution in [0.25, 0.3) is 33.2 Å². The van der Waals surface area contributed by atoms with Gasteiger partial charge < -0.3 is 14.2 Å². The van der Waals surface area contributed by atoms with Crippen LogP contribution >= 0.6 is 15.9 Å². The first-order valence-corrected chi connectivity index (χ1v) is 28.1. The van der Waals surface area contributed by atoms with Gasteiger partial charge in [-0.15, -0.1) is 0 Å². The van der Waals surface area contributed by atoms with Gasteiger partial charge >= 0.3 is 0 Å². The van der Waals surface area contributed by atoms with Crippen molar-refractivity contribution >= 4 is 61.0 Å². The summed E-state index contributed by atoms with van der Waals surface area (Å²) >= 11 is 4.16. The van der Waals surface area contributed by atoms with Crippen molar-refractivity contribution in [3.05, 3.63) is 190 Å². The molecule has 0 amide bonds. The quantitative estimate of drug-likeness (QED) is 0.144. The van der Waals surface area contributed by atoms with E-state index in [1.807, 2.05) is 6.26 Å². The van der Waals surface area contributed by atoms with Crippen molar-refractivity contribution in [2.75, 3.05) is 9.80 Å². The van der Waals surface area contributed by atoms with Crippen LogP contribution in [0, 0.1) is 0 Å². The first kappa shape index (κ1) is 53.0. The molecule has 7 aromatic carbocycles. The number of rotatable bonds is 9. The molecule has 1 saturated carbocycles. The van der Waals surface area contributed by atoms with Crippen LogP contribution in [0.1, 0.15) is 175 Å². The van der Waals surface area contributed by atoms with Crippen molar-refractivity contribution in [3.8, 4) is 22.3 Å². The molecule has 8 aromatic rings. The summed E-state index contributed by atoms with van der Waals surface area (Å²) in [6.07, 6.45) is 8.32. The summed E-state index contributed by atoms with van der Waals surface area (Å²) in [5, 5.41) is 1.07. The van der Waals surface area contributed by atoms with Crippen molar-refractivity contribution < 1.29 is 4.42 Å². The fourth-order valence-corrected chi connectivity index (χ4v) is 11.3. The van der Waals surface area contributed by atoms with E-state index in [0.717, 1.165) is 49.6 Å². The van der Waals surface area contributed by atoms with Gasteiger partial charge in [0.15, 0.2) is 0 Å². The molecule has 1 fully saturated rings. The minimum Gasteiger partial charge on any atom is -0.462 e. The maximum absolute atomic E-state index is 6.55. The Hall–Kier alpha value is -5.84. The number of benzene rings is 7. The lowest BCUT2D eigenvalue weighted by atomic mass is 9.78. The summed E-state index contributed by atoms with van der Waals surface area (Å²) in [7, 11) is 0. The normalized spacial score (nSPS) is 14.2. The largest absolute Gasteiger partial charge is 0.462 e. The fraction of sp³-hybridized carbons (Fsp3) is 0.371. The van der Waals surface area contributed by atoms with E-state index in [9.17, 15) is 0 Å². The SMILES string of the molecule is CC(C)(C)c1ccc(-c2ccc(N(c3cc(N(c4ccc(C5CCCCC5)cc4-c4cc(C(C)(C)C)cc(C(C)(C)C)c4)c4coc5ccccc45)cc(C(C)(C)C)c3)c3ccc(C(C)(C)C)cc3Br)cc2)cc1. The van der Waals surface area contributed by atoms with Gasteiger partial charge in [-0.25, -0.2) is 0 Å². The van der Waals surface area contributed by atoms with Gasteiger partial charge in [0.2, 0.25) is 0 Å². The second kappa shape index (κ2) is 20.0. The summed E-state index contributed by atoms with van der Waals surface area (Å²) < 4.78 is 7.59. The zero-order valence-corrected chi connectivity index (χ0v) is 48.8. The van der Waals surface area contributed by atoms with Crippen LogP contribution < -0.4 is 9.80 Å². The summed E-state index contributed by atoms with van der Waals surface area (Å²) in [5.41, 5.74) is 19.9. The number of fused-ring (bicyclic) bond motifs is 1. The molecular formula is C70H81BrN2O. The van der Waals surface area contributed by atoms with E-state index in [-0.39, 0.29) is 27.1 Å². The average molecular weight is 1050 g/mol. The van der Waals surface area contributed by atoms with Gasteiger partial charge in [0.25, 0.3) is 0 Å². The van der Waals surface area contributed by atoms with Gasteiger partial charge in [0, 0.05) is 32.5 Å². The highest BCUT2D eigenvalue weighted by molar-refractivity contribution is 9.10. The van der Waals surface area contributed by atoms with E-state index < -0.39 is 0 Å². The van der Waals surface area contributed by atoms with E-state index in [2.05, 4.69) is 275 Å². The molecule has 0 aliphatic heterocycles. The second-order valence-corrected chi connectivity index (χ2v) is 27.3. The Labute approximate surface area is 453 Å². The zero-order valence-electron chi connectivity index (χ0n) is 47.2. The molecule has 1 aliphatic carbocycles. The molecule has 9 rings (SSSR count). The summed E-state index contributed by atoms with van der Waals surface area (Å²) in [4.78, 5) is 4.95. The molecule has 1 heterocycles. The Kier molecular flexibility index (Phi) is 14.3. The Morgan fingerprint density at radius 3 is 1.49 bits per heavy atom. The third-order valence-electron chi connectivity index (χ3n) is 15.6. The molecule has 0 spiro atoms. The zero-order chi connectivity index (χ0) is 53.1. The lowest BCUT2D eigenvalue weighted by molar-refractivity contribution is 0.444. The minimum absolute atomic E-state index is 0.0203. The van der Waals surface area contributed by atoms with Crippen LogP contribution in [0.15, 0.2) is 161 Å². The number of anilines is 6. The Bertz CT molecular complexity index is 3240. The topological polar surface area (TPSA) is 19.6 Å². The summed E-state index contributed by atoms with van der Waals surface area (Å²) in [6, 6.07) is 55.7. The Balaban J connectivity index is 1.32. The highest BCUT2D eigenvalue weighted by Crippen LogP contribution is 2.51. The maximum Gasteiger partial charge on any atom is 0.136 e. The van der Waals surface area contributed by atoms with E-state index in [0.29, 0.717) is 5.92 Å². The molecule has 0 unspecified atom stereocenters. The van der Waals surface area contributed by atoms with Gasteiger partial charge in [-0.3, -0.25) is 0 Å². The van der Waals surface area contributed by atoms with Gasteiger partial charge in [0.05, 0.1) is 17.1 Å². The van der Waals surface area contributed by atoms with E-state index in [4.69, 9.17) is 4.42 Å². The molecule has 3 nitrogen and oxygen atoms in total. The molecule has 0 atom stereocenters. The number of nitrogens with zero attached hydrogens (tertiary/aromatic N) is 2. The van der Waals surface area contributed by atoms with Gasteiger partial charge in [-0.2, -0.15) is 0 Å².